The van der Waals surface area contributed by atoms with E-state index in [0.29, 0.717) is 11.3 Å². The fraction of sp³-hybridized carbons (Fsp3) is 0.222. The van der Waals surface area contributed by atoms with E-state index >= 15 is 0 Å². The smallest absolute Gasteiger partial charge is 0.231 e. The molecule has 1 aliphatic rings. The highest BCUT2D eigenvalue weighted by Gasteiger charge is 2.17. The molecule has 0 aromatic heterocycles. The Morgan fingerprint density at radius 2 is 2.25 bits per heavy atom. The van der Waals surface area contributed by atoms with E-state index in [1.54, 1.807) is 12.1 Å². The standard InChI is InChI=1S/C9H8O3/c1-6-7(4-10)2-3-8-9(6)12-5-11-8/h2-4H,5H2,1H3. The van der Waals surface area contributed by atoms with Gasteiger partial charge in [0.25, 0.3) is 0 Å². The molecule has 0 N–H and O–H groups in total. The second kappa shape index (κ2) is 2.52. The molecule has 0 aliphatic carbocycles. The first-order chi connectivity index (χ1) is 5.83. The summed E-state index contributed by atoms with van der Waals surface area (Å²) in [5.41, 5.74) is 1.50. The summed E-state index contributed by atoms with van der Waals surface area (Å²) in [5.74, 6) is 1.41. The molecule has 0 fully saturated rings. The number of fused-ring (bicyclic) bond motifs is 1. The fourth-order valence-corrected chi connectivity index (χ4v) is 1.25. The second-order valence-electron chi connectivity index (χ2n) is 2.63. The second-order valence-corrected chi connectivity index (χ2v) is 2.63. The Kier molecular flexibility index (Phi) is 1.50. The molecule has 0 atom stereocenters. The molecule has 0 spiro atoms. The minimum Gasteiger partial charge on any atom is -0.454 e. The molecule has 0 bridgehead atoms. The number of ether oxygens (including phenoxy) is 2. The van der Waals surface area contributed by atoms with E-state index < -0.39 is 0 Å². The molecule has 3 heteroatoms. The largest absolute Gasteiger partial charge is 0.454 e. The molecule has 62 valence electrons. The highest BCUT2D eigenvalue weighted by Crippen LogP contribution is 2.36. The van der Waals surface area contributed by atoms with Crippen LogP contribution in [0.15, 0.2) is 12.1 Å². The zero-order chi connectivity index (χ0) is 8.55. The molecule has 1 aromatic rings. The topological polar surface area (TPSA) is 35.5 Å². The Labute approximate surface area is 69.9 Å². The van der Waals surface area contributed by atoms with E-state index in [2.05, 4.69) is 0 Å². The molecule has 1 aromatic carbocycles. The number of hydrogen-bond donors (Lipinski definition) is 0. The van der Waals surface area contributed by atoms with Gasteiger partial charge in [-0.25, -0.2) is 0 Å². The summed E-state index contributed by atoms with van der Waals surface area (Å²) >= 11 is 0. The first-order valence-electron chi connectivity index (χ1n) is 3.67. The van der Waals surface area contributed by atoms with Gasteiger partial charge in [-0.15, -0.1) is 0 Å². The lowest BCUT2D eigenvalue weighted by molar-refractivity contribution is 0.112. The van der Waals surface area contributed by atoms with Crippen LogP contribution in [-0.4, -0.2) is 13.1 Å². The first kappa shape index (κ1) is 7.16. The van der Waals surface area contributed by atoms with Crippen LogP contribution in [0.3, 0.4) is 0 Å². The van der Waals surface area contributed by atoms with Crippen LogP contribution in [0.5, 0.6) is 11.5 Å². The zero-order valence-electron chi connectivity index (χ0n) is 6.66. The Morgan fingerprint density at radius 3 is 3.00 bits per heavy atom. The van der Waals surface area contributed by atoms with Crippen LogP contribution in [-0.2, 0) is 0 Å². The molecule has 12 heavy (non-hydrogen) atoms. The van der Waals surface area contributed by atoms with Gasteiger partial charge < -0.3 is 9.47 Å². The van der Waals surface area contributed by atoms with Crippen molar-refractivity contribution in [1.82, 2.24) is 0 Å². The van der Waals surface area contributed by atoms with E-state index in [4.69, 9.17) is 9.47 Å². The third-order valence-electron chi connectivity index (χ3n) is 1.96. The number of rotatable bonds is 1. The molecule has 0 amide bonds. The molecule has 0 saturated carbocycles. The Bertz CT molecular complexity index is 331. The first-order valence-corrected chi connectivity index (χ1v) is 3.67. The Hall–Kier alpha value is -1.51. The minimum absolute atomic E-state index is 0.248. The van der Waals surface area contributed by atoms with Crippen molar-refractivity contribution in [2.75, 3.05) is 6.79 Å². The van der Waals surface area contributed by atoms with Crippen molar-refractivity contribution in [1.29, 1.82) is 0 Å². The summed E-state index contributed by atoms with van der Waals surface area (Å²) in [4.78, 5) is 10.5. The van der Waals surface area contributed by atoms with E-state index in [0.717, 1.165) is 17.6 Å². The lowest BCUT2D eigenvalue weighted by Gasteiger charge is -2.01. The summed E-state index contributed by atoms with van der Waals surface area (Å²) in [6.45, 7) is 2.09. The van der Waals surface area contributed by atoms with Crippen LogP contribution in [0, 0.1) is 6.92 Å². The molecule has 2 rings (SSSR count). The fourth-order valence-electron chi connectivity index (χ4n) is 1.25. The molecule has 3 nitrogen and oxygen atoms in total. The molecular weight excluding hydrogens is 156 g/mol. The molecule has 1 aliphatic heterocycles. The summed E-state index contributed by atoms with van der Waals surface area (Å²) in [6, 6.07) is 3.48. The Balaban J connectivity index is 2.61. The van der Waals surface area contributed by atoms with Crippen LogP contribution in [0.1, 0.15) is 15.9 Å². The van der Waals surface area contributed by atoms with Gasteiger partial charge in [-0.2, -0.15) is 0 Å². The third kappa shape index (κ3) is 0.863. The predicted octanol–water partition coefficient (Wildman–Crippen LogP) is 1.54. The SMILES string of the molecule is Cc1c(C=O)ccc2c1OCO2. The molecule has 0 saturated heterocycles. The number of carbonyl (C=O) groups is 1. The molecular formula is C9H8O3. The van der Waals surface area contributed by atoms with Crippen LogP contribution in [0.2, 0.25) is 0 Å². The van der Waals surface area contributed by atoms with Crippen molar-refractivity contribution >= 4 is 6.29 Å². The van der Waals surface area contributed by atoms with Gasteiger partial charge in [-0.05, 0) is 19.1 Å². The number of aldehydes is 1. The molecule has 1 heterocycles. The van der Waals surface area contributed by atoms with Gasteiger partial charge >= 0.3 is 0 Å². The highest BCUT2D eigenvalue weighted by molar-refractivity contribution is 5.79. The number of benzene rings is 1. The maximum absolute atomic E-state index is 10.5. The summed E-state index contributed by atoms with van der Waals surface area (Å²) in [7, 11) is 0. The molecule has 0 unspecified atom stereocenters. The maximum atomic E-state index is 10.5. The van der Waals surface area contributed by atoms with Crippen molar-refractivity contribution in [3.05, 3.63) is 23.3 Å². The quantitative estimate of drug-likeness (QED) is 0.590. The summed E-state index contributed by atoms with van der Waals surface area (Å²) in [6.07, 6.45) is 0.817. The van der Waals surface area contributed by atoms with E-state index in [1.807, 2.05) is 6.92 Å². The van der Waals surface area contributed by atoms with Crippen molar-refractivity contribution in [3.8, 4) is 11.5 Å². The van der Waals surface area contributed by atoms with Gasteiger partial charge in [0.2, 0.25) is 6.79 Å². The van der Waals surface area contributed by atoms with Crippen LogP contribution in [0.4, 0.5) is 0 Å². The third-order valence-corrected chi connectivity index (χ3v) is 1.96. The van der Waals surface area contributed by atoms with Crippen molar-refractivity contribution in [2.24, 2.45) is 0 Å². The minimum atomic E-state index is 0.248. The van der Waals surface area contributed by atoms with E-state index in [-0.39, 0.29) is 6.79 Å². The Morgan fingerprint density at radius 1 is 1.42 bits per heavy atom. The number of hydrogen-bond acceptors (Lipinski definition) is 3. The lowest BCUT2D eigenvalue weighted by atomic mass is 10.1. The van der Waals surface area contributed by atoms with E-state index in [1.165, 1.54) is 0 Å². The summed E-state index contributed by atoms with van der Waals surface area (Å²) in [5, 5.41) is 0. The normalized spacial score (nSPS) is 13.1. The van der Waals surface area contributed by atoms with Crippen molar-refractivity contribution in [3.63, 3.8) is 0 Å². The summed E-state index contributed by atoms with van der Waals surface area (Å²) < 4.78 is 10.3. The van der Waals surface area contributed by atoms with E-state index in [9.17, 15) is 4.79 Å². The van der Waals surface area contributed by atoms with Crippen LogP contribution < -0.4 is 9.47 Å². The maximum Gasteiger partial charge on any atom is 0.231 e. The van der Waals surface area contributed by atoms with Crippen molar-refractivity contribution < 1.29 is 14.3 Å². The van der Waals surface area contributed by atoms with Gasteiger partial charge in [0.1, 0.15) is 6.29 Å². The molecule has 0 radical (unpaired) electrons. The van der Waals surface area contributed by atoms with Gasteiger partial charge in [-0.1, -0.05) is 0 Å². The van der Waals surface area contributed by atoms with Crippen LogP contribution in [0.25, 0.3) is 0 Å². The van der Waals surface area contributed by atoms with Gasteiger partial charge in [0.05, 0.1) is 0 Å². The zero-order valence-corrected chi connectivity index (χ0v) is 6.66. The van der Waals surface area contributed by atoms with Gasteiger partial charge in [-0.3, -0.25) is 4.79 Å². The predicted molar refractivity (Wildman–Crippen MR) is 42.7 cm³/mol. The van der Waals surface area contributed by atoms with Gasteiger partial charge in [0, 0.05) is 11.1 Å². The lowest BCUT2D eigenvalue weighted by Crippen LogP contribution is -1.94. The highest BCUT2D eigenvalue weighted by atomic mass is 16.7. The van der Waals surface area contributed by atoms with Crippen molar-refractivity contribution in [2.45, 2.75) is 6.92 Å². The average molecular weight is 164 g/mol. The monoisotopic (exact) mass is 164 g/mol. The average Bonchev–Trinajstić information content (AvgIpc) is 2.53. The van der Waals surface area contributed by atoms with Crippen LogP contribution >= 0.6 is 0 Å². The number of carbonyl (C=O) groups excluding carboxylic acids is 1. The van der Waals surface area contributed by atoms with Gasteiger partial charge in [0.15, 0.2) is 11.5 Å².